The number of esters is 2. The molecule has 0 aliphatic carbocycles. The summed E-state index contributed by atoms with van der Waals surface area (Å²) < 4.78 is 10.1. The summed E-state index contributed by atoms with van der Waals surface area (Å²) in [6.07, 6.45) is 14.8. The average molecular weight is 624 g/mol. The van der Waals surface area contributed by atoms with E-state index in [2.05, 4.69) is 22.4 Å². The summed E-state index contributed by atoms with van der Waals surface area (Å²) >= 11 is 2.45. The molecule has 12 nitrogen and oxygen atoms in total. The number of fused-ring (bicyclic) bond motifs is 1. The van der Waals surface area contributed by atoms with Gasteiger partial charge < -0.3 is 30.3 Å². The molecule has 0 radical (unpaired) electrons. The lowest BCUT2D eigenvalue weighted by atomic mass is 10.1. The summed E-state index contributed by atoms with van der Waals surface area (Å²) in [6, 6.07) is -0.814. The van der Waals surface area contributed by atoms with Crippen LogP contribution in [0.3, 0.4) is 0 Å². The molecule has 14 heteroatoms. The van der Waals surface area contributed by atoms with Crippen LogP contribution in [0.1, 0.15) is 89.7 Å². The molecular weight excluding hydrogens is 582 g/mol. The third kappa shape index (κ3) is 10.0. The molecule has 2 amide bonds. The fraction of sp³-hybridized carbons (Fsp3) is 0.643. The van der Waals surface area contributed by atoms with E-state index < -0.39 is 36.1 Å². The molecule has 2 aliphatic rings. The lowest BCUT2D eigenvalue weighted by Gasteiger charge is -2.47. The van der Waals surface area contributed by atoms with E-state index in [4.69, 9.17) is 20.0 Å². The van der Waals surface area contributed by atoms with Crippen LogP contribution in [-0.2, 0) is 33.5 Å². The van der Waals surface area contributed by atoms with Crippen LogP contribution in [0, 0.1) is 0 Å². The number of hydrogen-bond acceptors (Lipinski definition) is 12. The maximum Gasteiger partial charge on any atom is 0.339 e. The SMILES string of the molecule is CCCCCCCCCCCCCC(=O)OCOC(=O)C1=CN2C(=O)C(NC(=O)C(=NOC)c3csc(N)n3)[C@H]2SC1. The Morgan fingerprint density at radius 2 is 1.74 bits per heavy atom. The Bertz CT molecular complexity index is 1140. The highest BCUT2D eigenvalue weighted by Gasteiger charge is 2.50. The molecule has 3 rings (SSSR count). The van der Waals surface area contributed by atoms with Crippen LogP contribution in [-0.4, -0.2) is 70.4 Å². The average Bonchev–Trinajstić information content (AvgIpc) is 3.42. The molecule has 0 bridgehead atoms. The minimum absolute atomic E-state index is 0.102. The van der Waals surface area contributed by atoms with Crippen LogP contribution in [0.4, 0.5) is 5.13 Å². The van der Waals surface area contributed by atoms with Crippen molar-refractivity contribution < 1.29 is 33.5 Å². The van der Waals surface area contributed by atoms with Crippen molar-refractivity contribution in [3.63, 3.8) is 0 Å². The number of nitrogens with one attached hydrogen (secondary N) is 1. The number of unbranched alkanes of at least 4 members (excludes halogenated alkanes) is 10. The van der Waals surface area contributed by atoms with E-state index >= 15 is 0 Å². The number of aromatic nitrogens is 1. The van der Waals surface area contributed by atoms with Gasteiger partial charge in [-0.3, -0.25) is 14.4 Å². The minimum atomic E-state index is -0.814. The highest BCUT2D eigenvalue weighted by Crippen LogP contribution is 2.36. The van der Waals surface area contributed by atoms with E-state index in [9.17, 15) is 19.2 Å². The van der Waals surface area contributed by atoms with E-state index in [0.717, 1.165) is 30.6 Å². The van der Waals surface area contributed by atoms with Crippen molar-refractivity contribution in [3.05, 3.63) is 22.8 Å². The van der Waals surface area contributed by atoms with Crippen LogP contribution in [0.2, 0.25) is 0 Å². The third-order valence-corrected chi connectivity index (χ3v) is 8.88. The van der Waals surface area contributed by atoms with Crippen LogP contribution in [0.5, 0.6) is 0 Å². The molecule has 1 fully saturated rings. The summed E-state index contributed by atoms with van der Waals surface area (Å²) in [5.74, 6) is -1.84. The number of hydrogen-bond donors (Lipinski definition) is 2. The van der Waals surface area contributed by atoms with Gasteiger partial charge in [-0.1, -0.05) is 76.3 Å². The molecule has 0 spiro atoms. The van der Waals surface area contributed by atoms with Gasteiger partial charge in [0.1, 0.15) is 24.2 Å². The topological polar surface area (TPSA) is 163 Å². The van der Waals surface area contributed by atoms with Crippen LogP contribution >= 0.6 is 23.1 Å². The van der Waals surface area contributed by atoms with Crippen molar-refractivity contribution in [2.75, 3.05) is 25.4 Å². The Morgan fingerprint density at radius 3 is 2.36 bits per heavy atom. The minimum Gasteiger partial charge on any atom is -0.428 e. The van der Waals surface area contributed by atoms with Crippen LogP contribution < -0.4 is 11.1 Å². The van der Waals surface area contributed by atoms with E-state index in [1.807, 2.05) is 0 Å². The number of amides is 2. The third-order valence-electron chi connectivity index (χ3n) is 6.89. The van der Waals surface area contributed by atoms with Gasteiger partial charge in [-0.15, -0.1) is 23.1 Å². The number of rotatable bonds is 19. The fourth-order valence-corrected chi connectivity index (χ4v) is 6.37. The van der Waals surface area contributed by atoms with Crippen molar-refractivity contribution in [1.29, 1.82) is 0 Å². The van der Waals surface area contributed by atoms with Crippen molar-refractivity contribution in [3.8, 4) is 0 Å². The lowest BCUT2D eigenvalue weighted by molar-refractivity contribution is -0.164. The number of nitrogens with zero attached hydrogens (tertiary/aromatic N) is 3. The molecule has 3 heterocycles. The second kappa shape index (κ2) is 17.7. The van der Waals surface area contributed by atoms with E-state index in [1.54, 1.807) is 5.38 Å². The van der Waals surface area contributed by atoms with Gasteiger partial charge in [0.2, 0.25) is 6.79 Å². The predicted molar refractivity (Wildman–Crippen MR) is 161 cm³/mol. The highest BCUT2D eigenvalue weighted by atomic mass is 32.2. The Balaban J connectivity index is 1.30. The lowest BCUT2D eigenvalue weighted by Crippen LogP contribution is -2.69. The first kappa shape index (κ1) is 33.4. The molecule has 1 saturated heterocycles. The molecule has 2 aliphatic heterocycles. The molecule has 1 aromatic rings. The number of β-lactam (4-membered cyclic amide) rings is 1. The summed E-state index contributed by atoms with van der Waals surface area (Å²) in [5, 5.41) is 7.80. The van der Waals surface area contributed by atoms with Crippen molar-refractivity contribution in [1.82, 2.24) is 15.2 Å². The normalized spacial score (nSPS) is 18.0. The number of nitrogen functional groups attached to an aromatic ring is 1. The molecule has 1 unspecified atom stereocenters. The maximum atomic E-state index is 12.8. The molecule has 1 aromatic heterocycles. The zero-order valence-electron chi connectivity index (χ0n) is 24.3. The van der Waals surface area contributed by atoms with Crippen LogP contribution in [0.15, 0.2) is 22.3 Å². The number of oxime groups is 1. The molecule has 2 atom stereocenters. The van der Waals surface area contributed by atoms with Crippen LogP contribution in [0.25, 0.3) is 0 Å². The number of anilines is 1. The van der Waals surface area contributed by atoms with Gasteiger partial charge in [-0.25, -0.2) is 9.78 Å². The molecular formula is C28H41N5O7S2. The first-order chi connectivity index (χ1) is 20.3. The van der Waals surface area contributed by atoms with E-state index in [-0.39, 0.29) is 40.2 Å². The van der Waals surface area contributed by atoms with Gasteiger partial charge in [-0.05, 0) is 6.42 Å². The van der Waals surface area contributed by atoms with Gasteiger partial charge in [-0.2, -0.15) is 0 Å². The molecule has 0 saturated carbocycles. The van der Waals surface area contributed by atoms with Gasteiger partial charge >= 0.3 is 11.9 Å². The molecule has 42 heavy (non-hydrogen) atoms. The van der Waals surface area contributed by atoms with Gasteiger partial charge in [0.25, 0.3) is 11.8 Å². The van der Waals surface area contributed by atoms with Gasteiger partial charge in [0.05, 0.1) is 5.57 Å². The Morgan fingerprint density at radius 1 is 1.07 bits per heavy atom. The van der Waals surface area contributed by atoms with E-state index in [0.29, 0.717) is 0 Å². The number of carbonyl (C=O) groups excluding carboxylic acids is 4. The summed E-state index contributed by atoms with van der Waals surface area (Å²) in [7, 11) is 1.29. The predicted octanol–water partition coefficient (Wildman–Crippen LogP) is 4.10. The summed E-state index contributed by atoms with van der Waals surface area (Å²) in [5.41, 5.74) is 6.04. The Hall–Kier alpha value is -3.13. The van der Waals surface area contributed by atoms with Gasteiger partial charge in [0.15, 0.2) is 10.8 Å². The number of nitrogens with two attached hydrogens (primary N) is 1. The molecule has 0 aromatic carbocycles. The monoisotopic (exact) mass is 623 g/mol. The molecule has 232 valence electrons. The first-order valence-corrected chi connectivity index (χ1v) is 16.4. The second-order valence-corrected chi connectivity index (χ2v) is 12.1. The Kier molecular flexibility index (Phi) is 14.1. The summed E-state index contributed by atoms with van der Waals surface area (Å²) in [4.78, 5) is 60.1. The largest absolute Gasteiger partial charge is 0.428 e. The Labute approximate surface area is 254 Å². The zero-order chi connectivity index (χ0) is 30.3. The van der Waals surface area contributed by atoms with Crippen molar-refractivity contribution in [2.24, 2.45) is 5.16 Å². The van der Waals surface area contributed by atoms with Crippen molar-refractivity contribution >= 4 is 57.7 Å². The smallest absolute Gasteiger partial charge is 0.339 e. The van der Waals surface area contributed by atoms with Gasteiger partial charge in [0, 0.05) is 23.8 Å². The quantitative estimate of drug-likeness (QED) is 0.0573. The standard InChI is InChI=1S/C28H41N5O7S2/c1-3-4-5-6-7-8-9-10-11-12-13-14-21(34)39-18-40-27(37)19-15-33-25(36)23(26(33)41-16-19)31-24(35)22(32-38-2)20-17-42-28(29)30-20/h15,17,23,26H,3-14,16,18H2,1-2H3,(H2,29,30)(H,31,35)/t23?,26-/m1/s1. The van der Waals surface area contributed by atoms with Crippen molar-refractivity contribution in [2.45, 2.75) is 95.4 Å². The number of thiazole rings is 1. The maximum absolute atomic E-state index is 12.8. The second-order valence-electron chi connectivity index (χ2n) is 10.1. The number of ether oxygens (including phenoxy) is 2. The highest BCUT2D eigenvalue weighted by molar-refractivity contribution is 8.00. The fourth-order valence-electron chi connectivity index (χ4n) is 4.57. The van der Waals surface area contributed by atoms with E-state index in [1.165, 1.54) is 81.3 Å². The first-order valence-electron chi connectivity index (χ1n) is 14.5. The number of carbonyl (C=O) groups is 4. The molecule has 3 N–H and O–H groups in total. The number of thioether (sulfide) groups is 1. The summed E-state index contributed by atoms with van der Waals surface area (Å²) in [6.45, 7) is 1.75. The zero-order valence-corrected chi connectivity index (χ0v) is 25.9.